The molecule has 0 spiro atoms. The molecular weight excluding hydrogens is 340 g/mol. The minimum absolute atomic E-state index is 0.170. The van der Waals surface area contributed by atoms with Gasteiger partial charge in [-0.15, -0.1) is 0 Å². The Kier molecular flexibility index (Phi) is 6.37. The van der Waals surface area contributed by atoms with Crippen molar-refractivity contribution in [3.8, 4) is 5.75 Å². The minimum atomic E-state index is -1.10. The summed E-state index contributed by atoms with van der Waals surface area (Å²) in [4.78, 5) is 34.9. The third-order valence-corrected chi connectivity index (χ3v) is 3.46. The third-order valence-electron chi connectivity index (χ3n) is 3.46. The van der Waals surface area contributed by atoms with E-state index in [9.17, 15) is 14.4 Å². The summed E-state index contributed by atoms with van der Waals surface area (Å²) < 4.78 is 10.4. The van der Waals surface area contributed by atoms with Crippen molar-refractivity contribution < 1.29 is 28.6 Å². The number of ether oxygens (including phenoxy) is 1. The lowest BCUT2D eigenvalue weighted by molar-refractivity contribution is -0.143. The number of anilines is 1. The number of nitrogens with one attached hydrogen (secondary N) is 2. The van der Waals surface area contributed by atoms with E-state index in [4.69, 9.17) is 14.3 Å². The normalized spacial score (nSPS) is 11.7. The lowest BCUT2D eigenvalue weighted by atomic mass is 10.1. The Hall–Kier alpha value is -3.29. The Morgan fingerprint density at radius 1 is 1.19 bits per heavy atom. The van der Waals surface area contributed by atoms with Crippen molar-refractivity contribution >= 4 is 23.5 Å². The maximum Gasteiger partial charge on any atom is 0.326 e. The molecule has 2 aromatic rings. The fraction of sp³-hybridized carbons (Fsp3) is 0.278. The van der Waals surface area contributed by atoms with Crippen LogP contribution in [0, 0.1) is 5.92 Å². The van der Waals surface area contributed by atoms with E-state index in [1.807, 2.05) is 0 Å². The highest BCUT2D eigenvalue weighted by molar-refractivity contribution is 6.02. The molecule has 138 valence electrons. The van der Waals surface area contributed by atoms with Gasteiger partial charge in [-0.05, 0) is 30.2 Å². The Morgan fingerprint density at radius 3 is 2.58 bits per heavy atom. The number of hydrogen-bond donors (Lipinski definition) is 3. The number of amides is 2. The van der Waals surface area contributed by atoms with Gasteiger partial charge in [0.15, 0.2) is 12.4 Å². The third kappa shape index (κ3) is 5.37. The summed E-state index contributed by atoms with van der Waals surface area (Å²) in [5, 5.41) is 14.1. The smallest absolute Gasteiger partial charge is 0.326 e. The predicted molar refractivity (Wildman–Crippen MR) is 93.0 cm³/mol. The summed E-state index contributed by atoms with van der Waals surface area (Å²) >= 11 is 0. The van der Waals surface area contributed by atoms with Crippen molar-refractivity contribution in [3.05, 3.63) is 48.4 Å². The number of hydrogen-bond acceptors (Lipinski definition) is 5. The first-order valence-electron chi connectivity index (χ1n) is 7.96. The van der Waals surface area contributed by atoms with Gasteiger partial charge in [0.2, 0.25) is 0 Å². The predicted octanol–water partition coefficient (Wildman–Crippen LogP) is 2.14. The van der Waals surface area contributed by atoms with Gasteiger partial charge in [-0.2, -0.15) is 0 Å². The number of carboxylic acid groups (broad SMARTS) is 1. The molecule has 1 unspecified atom stereocenters. The molecule has 2 rings (SSSR count). The Bertz CT molecular complexity index is 770. The van der Waals surface area contributed by atoms with Crippen LogP contribution in [0.2, 0.25) is 0 Å². The Labute approximate surface area is 150 Å². The van der Waals surface area contributed by atoms with Crippen molar-refractivity contribution in [2.45, 2.75) is 19.9 Å². The van der Waals surface area contributed by atoms with E-state index < -0.39 is 23.8 Å². The van der Waals surface area contributed by atoms with Crippen molar-refractivity contribution in [2.24, 2.45) is 5.92 Å². The molecule has 0 aliphatic rings. The lowest BCUT2D eigenvalue weighted by Gasteiger charge is -2.18. The fourth-order valence-corrected chi connectivity index (χ4v) is 2.14. The van der Waals surface area contributed by atoms with Crippen molar-refractivity contribution in [2.75, 3.05) is 11.9 Å². The Morgan fingerprint density at radius 2 is 1.96 bits per heavy atom. The summed E-state index contributed by atoms with van der Waals surface area (Å²) in [6.07, 6.45) is 1.40. The Balaban J connectivity index is 1.91. The van der Waals surface area contributed by atoms with Crippen LogP contribution < -0.4 is 15.4 Å². The van der Waals surface area contributed by atoms with Crippen LogP contribution >= 0.6 is 0 Å². The molecule has 1 atom stereocenters. The zero-order valence-electron chi connectivity index (χ0n) is 14.4. The molecule has 0 saturated carbocycles. The van der Waals surface area contributed by atoms with Gasteiger partial charge >= 0.3 is 5.97 Å². The first kappa shape index (κ1) is 19.0. The standard InChI is InChI=1S/C18H20N2O6/c1-11(2)16(18(23)24)20-15(21)10-26-13-6-3-5-12(9-13)19-17(22)14-7-4-8-25-14/h3-9,11,16H,10H2,1-2H3,(H,19,22)(H,20,21)(H,23,24). The number of rotatable bonds is 8. The average Bonchev–Trinajstić information content (AvgIpc) is 3.12. The molecule has 26 heavy (non-hydrogen) atoms. The first-order chi connectivity index (χ1) is 12.4. The average molecular weight is 360 g/mol. The number of aliphatic carboxylic acids is 1. The van der Waals surface area contributed by atoms with Crippen LogP contribution in [0.15, 0.2) is 47.1 Å². The highest BCUT2D eigenvalue weighted by atomic mass is 16.5. The molecule has 8 heteroatoms. The van der Waals surface area contributed by atoms with Crippen LogP contribution in [0.3, 0.4) is 0 Å². The van der Waals surface area contributed by atoms with Crippen LogP contribution in [0.25, 0.3) is 0 Å². The van der Waals surface area contributed by atoms with Gasteiger partial charge in [-0.25, -0.2) is 4.79 Å². The van der Waals surface area contributed by atoms with Crippen LogP contribution in [-0.2, 0) is 9.59 Å². The molecule has 3 N–H and O–H groups in total. The monoisotopic (exact) mass is 360 g/mol. The van der Waals surface area contributed by atoms with E-state index >= 15 is 0 Å². The van der Waals surface area contributed by atoms with E-state index in [1.54, 1.807) is 44.2 Å². The largest absolute Gasteiger partial charge is 0.484 e. The highest BCUT2D eigenvalue weighted by Crippen LogP contribution is 2.18. The van der Waals surface area contributed by atoms with Crippen LogP contribution in [0.4, 0.5) is 5.69 Å². The molecule has 0 aliphatic heterocycles. The molecule has 0 saturated heterocycles. The van der Waals surface area contributed by atoms with Gasteiger partial charge in [-0.1, -0.05) is 19.9 Å². The minimum Gasteiger partial charge on any atom is -0.484 e. The number of carboxylic acids is 1. The summed E-state index contributed by atoms with van der Waals surface area (Å²) in [7, 11) is 0. The molecule has 2 amide bonds. The first-order valence-corrected chi connectivity index (χ1v) is 7.96. The SMILES string of the molecule is CC(C)C(NC(=O)COc1cccc(NC(=O)c2ccco2)c1)C(=O)O. The van der Waals surface area contributed by atoms with Gasteiger partial charge < -0.3 is 24.9 Å². The van der Waals surface area contributed by atoms with Crippen molar-refractivity contribution in [1.82, 2.24) is 5.32 Å². The number of furan rings is 1. The van der Waals surface area contributed by atoms with Gasteiger partial charge in [-0.3, -0.25) is 9.59 Å². The number of benzene rings is 1. The number of carbonyl (C=O) groups is 3. The molecule has 0 aliphatic carbocycles. The zero-order chi connectivity index (χ0) is 19.1. The second-order valence-corrected chi connectivity index (χ2v) is 5.88. The van der Waals surface area contributed by atoms with Crippen molar-refractivity contribution in [3.63, 3.8) is 0 Å². The quantitative estimate of drug-likeness (QED) is 0.664. The summed E-state index contributed by atoms with van der Waals surface area (Å²) in [6, 6.07) is 8.64. The van der Waals surface area contributed by atoms with E-state index in [0.717, 1.165) is 0 Å². The molecule has 8 nitrogen and oxygen atoms in total. The van der Waals surface area contributed by atoms with Gasteiger partial charge in [0.05, 0.1) is 6.26 Å². The summed E-state index contributed by atoms with van der Waals surface area (Å²) in [5.41, 5.74) is 0.468. The van der Waals surface area contributed by atoms with Gasteiger partial charge in [0.25, 0.3) is 11.8 Å². The maximum atomic E-state index is 11.9. The van der Waals surface area contributed by atoms with E-state index in [0.29, 0.717) is 11.4 Å². The number of carbonyl (C=O) groups excluding carboxylic acids is 2. The van der Waals surface area contributed by atoms with Crippen LogP contribution in [0.5, 0.6) is 5.75 Å². The fourth-order valence-electron chi connectivity index (χ4n) is 2.14. The zero-order valence-corrected chi connectivity index (χ0v) is 14.4. The molecule has 1 heterocycles. The van der Waals surface area contributed by atoms with E-state index in [1.165, 1.54) is 12.3 Å². The highest BCUT2D eigenvalue weighted by Gasteiger charge is 2.23. The maximum absolute atomic E-state index is 11.9. The second kappa shape index (κ2) is 8.70. The van der Waals surface area contributed by atoms with Crippen LogP contribution in [-0.4, -0.2) is 35.5 Å². The molecule has 1 aromatic heterocycles. The summed E-state index contributed by atoms with van der Waals surface area (Å²) in [6.45, 7) is 3.06. The lowest BCUT2D eigenvalue weighted by Crippen LogP contribution is -2.46. The van der Waals surface area contributed by atoms with Crippen molar-refractivity contribution in [1.29, 1.82) is 0 Å². The molecular formula is C18H20N2O6. The van der Waals surface area contributed by atoms with Crippen LogP contribution in [0.1, 0.15) is 24.4 Å². The van der Waals surface area contributed by atoms with Gasteiger partial charge in [0, 0.05) is 11.8 Å². The molecule has 0 bridgehead atoms. The molecule has 0 fully saturated rings. The topological polar surface area (TPSA) is 118 Å². The second-order valence-electron chi connectivity index (χ2n) is 5.88. The summed E-state index contributed by atoms with van der Waals surface area (Å²) in [5.74, 6) is -1.78. The van der Waals surface area contributed by atoms with E-state index in [-0.39, 0.29) is 18.3 Å². The molecule has 1 aromatic carbocycles. The van der Waals surface area contributed by atoms with E-state index in [2.05, 4.69) is 10.6 Å². The van der Waals surface area contributed by atoms with Gasteiger partial charge in [0.1, 0.15) is 11.8 Å². The molecule has 0 radical (unpaired) electrons.